The number of rotatable bonds is 4. The Bertz CT molecular complexity index is 491. The Balaban J connectivity index is 2.87. The van der Waals surface area contributed by atoms with E-state index in [1.165, 1.54) is 12.1 Å². The van der Waals surface area contributed by atoms with Gasteiger partial charge in [0.15, 0.2) is 6.61 Å². The van der Waals surface area contributed by atoms with Crippen LogP contribution in [0.15, 0.2) is 35.9 Å². The Morgan fingerprint density at radius 3 is 2.26 bits per heavy atom. The zero-order valence-electron chi connectivity index (χ0n) is 9.48. The van der Waals surface area contributed by atoms with Gasteiger partial charge in [-0.15, -0.1) is 0 Å². The average molecular weight is 274 g/mol. The van der Waals surface area contributed by atoms with Gasteiger partial charge in [0.1, 0.15) is 5.57 Å². The number of ether oxygens (including phenoxy) is 1. The maximum atomic E-state index is 11.9. The Kier molecular flexibility index (Phi) is 4.68. The first-order valence-electron chi connectivity index (χ1n) is 5.03. The topological polar surface area (TPSA) is 63.6 Å². The molecule has 1 aromatic rings. The normalized spacial score (nSPS) is 12.1. The van der Waals surface area contributed by atoms with E-state index in [-0.39, 0.29) is 0 Å². The standard InChI is InChI=1S/C12H9F3O4/c13-12(14,15)7-19-11(18)9(10(16)17)6-8-4-2-1-3-5-8/h1-6H,7H2,(H,16,17)/b9-6+. The molecule has 0 radical (unpaired) electrons. The number of carboxylic acids is 1. The van der Waals surface area contributed by atoms with Crippen LogP contribution in [0.2, 0.25) is 0 Å². The van der Waals surface area contributed by atoms with Crippen LogP contribution >= 0.6 is 0 Å². The summed E-state index contributed by atoms with van der Waals surface area (Å²) in [7, 11) is 0. The van der Waals surface area contributed by atoms with Gasteiger partial charge in [0, 0.05) is 0 Å². The summed E-state index contributed by atoms with van der Waals surface area (Å²) in [6.45, 7) is -1.83. The third kappa shape index (κ3) is 5.24. The largest absolute Gasteiger partial charge is 0.477 e. The van der Waals surface area contributed by atoms with E-state index in [0.717, 1.165) is 6.08 Å². The predicted molar refractivity (Wildman–Crippen MR) is 59.1 cm³/mol. The second-order valence-corrected chi connectivity index (χ2v) is 3.47. The van der Waals surface area contributed by atoms with Crippen molar-refractivity contribution in [1.82, 2.24) is 0 Å². The number of aliphatic carboxylic acids is 1. The van der Waals surface area contributed by atoms with Crippen LogP contribution in [0.4, 0.5) is 13.2 Å². The van der Waals surface area contributed by atoms with E-state index in [9.17, 15) is 22.8 Å². The molecule has 0 amide bonds. The average Bonchev–Trinajstić information content (AvgIpc) is 2.33. The molecule has 0 unspecified atom stereocenters. The Hall–Kier alpha value is -2.31. The van der Waals surface area contributed by atoms with Gasteiger partial charge >= 0.3 is 18.1 Å². The zero-order chi connectivity index (χ0) is 14.5. The van der Waals surface area contributed by atoms with Crippen LogP contribution in [0.5, 0.6) is 0 Å². The Labute approximate surface area is 106 Å². The Morgan fingerprint density at radius 2 is 1.79 bits per heavy atom. The smallest absolute Gasteiger partial charge is 0.422 e. The zero-order valence-corrected chi connectivity index (χ0v) is 9.48. The number of hydrogen-bond donors (Lipinski definition) is 1. The highest BCUT2D eigenvalue weighted by Gasteiger charge is 2.31. The summed E-state index contributed by atoms with van der Waals surface area (Å²) in [6, 6.07) is 7.85. The van der Waals surface area contributed by atoms with E-state index in [4.69, 9.17) is 5.11 Å². The van der Waals surface area contributed by atoms with Gasteiger partial charge in [0.25, 0.3) is 0 Å². The molecule has 7 heteroatoms. The van der Waals surface area contributed by atoms with Gasteiger partial charge in [-0.2, -0.15) is 13.2 Å². The molecule has 0 atom stereocenters. The van der Waals surface area contributed by atoms with E-state index in [1.807, 2.05) is 0 Å². The number of alkyl halides is 3. The number of carboxylic acid groups (broad SMARTS) is 1. The first-order chi connectivity index (χ1) is 8.79. The molecule has 0 fully saturated rings. The van der Waals surface area contributed by atoms with Crippen LogP contribution in [0.25, 0.3) is 6.08 Å². The highest BCUT2D eigenvalue weighted by Crippen LogP contribution is 2.16. The van der Waals surface area contributed by atoms with E-state index in [0.29, 0.717) is 5.56 Å². The molecule has 0 aliphatic rings. The minimum Gasteiger partial charge on any atom is -0.477 e. The number of carbonyl (C=O) groups excluding carboxylic acids is 1. The van der Waals surface area contributed by atoms with Gasteiger partial charge in [-0.25, -0.2) is 9.59 Å². The lowest BCUT2D eigenvalue weighted by Gasteiger charge is -2.08. The van der Waals surface area contributed by atoms with Crippen LogP contribution in [-0.4, -0.2) is 29.8 Å². The molecule has 0 bridgehead atoms. The SMILES string of the molecule is O=C(O)/C(=C\c1ccccc1)C(=O)OCC(F)(F)F. The molecular formula is C12H9F3O4. The second-order valence-electron chi connectivity index (χ2n) is 3.47. The van der Waals surface area contributed by atoms with Crippen molar-refractivity contribution in [2.24, 2.45) is 0 Å². The lowest BCUT2D eigenvalue weighted by Crippen LogP contribution is -2.23. The molecule has 19 heavy (non-hydrogen) atoms. The number of halogens is 3. The molecule has 0 aliphatic heterocycles. The molecule has 102 valence electrons. The molecule has 1 N–H and O–H groups in total. The predicted octanol–water partition coefficient (Wildman–Crippen LogP) is 2.26. The Morgan fingerprint density at radius 1 is 1.21 bits per heavy atom. The molecule has 0 saturated heterocycles. The number of benzene rings is 1. The van der Waals surface area contributed by atoms with Crippen molar-refractivity contribution in [2.45, 2.75) is 6.18 Å². The van der Waals surface area contributed by atoms with Crippen LogP contribution in [0, 0.1) is 0 Å². The van der Waals surface area contributed by atoms with Crippen molar-refractivity contribution < 1.29 is 32.6 Å². The summed E-state index contributed by atoms with van der Waals surface area (Å²) >= 11 is 0. The van der Waals surface area contributed by atoms with E-state index in [2.05, 4.69) is 4.74 Å². The van der Waals surface area contributed by atoms with Crippen molar-refractivity contribution >= 4 is 18.0 Å². The molecule has 1 aromatic carbocycles. The van der Waals surface area contributed by atoms with Gasteiger partial charge < -0.3 is 9.84 Å². The van der Waals surface area contributed by atoms with Gasteiger partial charge in [0.05, 0.1) is 0 Å². The summed E-state index contributed by atoms with van der Waals surface area (Å²) in [5, 5.41) is 8.78. The lowest BCUT2D eigenvalue weighted by molar-refractivity contribution is -0.184. The third-order valence-corrected chi connectivity index (χ3v) is 1.93. The molecule has 0 aromatic heterocycles. The fourth-order valence-electron chi connectivity index (χ4n) is 1.15. The van der Waals surface area contributed by atoms with Crippen molar-refractivity contribution in [3.8, 4) is 0 Å². The number of esters is 1. The first kappa shape index (κ1) is 14.7. The molecule has 4 nitrogen and oxygen atoms in total. The quantitative estimate of drug-likeness (QED) is 0.396. The summed E-state index contributed by atoms with van der Waals surface area (Å²) < 4.78 is 39.5. The highest BCUT2D eigenvalue weighted by molar-refractivity contribution is 6.17. The van der Waals surface area contributed by atoms with Crippen LogP contribution in [0.3, 0.4) is 0 Å². The monoisotopic (exact) mass is 274 g/mol. The molecule has 0 saturated carbocycles. The molecule has 0 aliphatic carbocycles. The third-order valence-electron chi connectivity index (χ3n) is 1.93. The van der Waals surface area contributed by atoms with Gasteiger partial charge in [-0.3, -0.25) is 0 Å². The minimum atomic E-state index is -4.70. The minimum absolute atomic E-state index is 0.365. The van der Waals surface area contributed by atoms with Crippen molar-refractivity contribution in [3.05, 3.63) is 41.5 Å². The highest BCUT2D eigenvalue weighted by atomic mass is 19.4. The molecule has 0 heterocycles. The van der Waals surface area contributed by atoms with Gasteiger partial charge in [-0.05, 0) is 11.6 Å². The summed E-state index contributed by atoms with van der Waals surface area (Å²) in [5.74, 6) is -3.19. The fourth-order valence-corrected chi connectivity index (χ4v) is 1.15. The summed E-state index contributed by atoms with van der Waals surface area (Å²) in [5.41, 5.74) is -0.501. The molecule has 1 rings (SSSR count). The van der Waals surface area contributed by atoms with Crippen LogP contribution in [-0.2, 0) is 14.3 Å². The summed E-state index contributed by atoms with van der Waals surface area (Å²) in [6.07, 6.45) is -3.76. The van der Waals surface area contributed by atoms with Crippen molar-refractivity contribution in [2.75, 3.05) is 6.61 Å². The maximum Gasteiger partial charge on any atom is 0.422 e. The van der Waals surface area contributed by atoms with Crippen molar-refractivity contribution in [1.29, 1.82) is 0 Å². The summed E-state index contributed by atoms with van der Waals surface area (Å²) in [4.78, 5) is 22.1. The molecule has 0 spiro atoms. The van der Waals surface area contributed by atoms with E-state index < -0.39 is 30.3 Å². The second kappa shape index (κ2) is 6.03. The first-order valence-corrected chi connectivity index (χ1v) is 5.03. The lowest BCUT2D eigenvalue weighted by atomic mass is 10.1. The van der Waals surface area contributed by atoms with Gasteiger partial charge in [-0.1, -0.05) is 30.3 Å². The van der Waals surface area contributed by atoms with Crippen LogP contribution < -0.4 is 0 Å². The fraction of sp³-hybridized carbons (Fsp3) is 0.167. The van der Waals surface area contributed by atoms with Gasteiger partial charge in [0.2, 0.25) is 0 Å². The molecular weight excluding hydrogens is 265 g/mol. The number of hydrogen-bond acceptors (Lipinski definition) is 3. The van der Waals surface area contributed by atoms with Crippen molar-refractivity contribution in [3.63, 3.8) is 0 Å². The van der Waals surface area contributed by atoms with E-state index in [1.54, 1.807) is 18.2 Å². The number of carbonyl (C=O) groups is 2. The van der Waals surface area contributed by atoms with E-state index >= 15 is 0 Å². The van der Waals surface area contributed by atoms with Crippen LogP contribution in [0.1, 0.15) is 5.56 Å². The maximum absolute atomic E-state index is 11.9.